The number of hydrogen-bond acceptors (Lipinski definition) is 4. The fourth-order valence-electron chi connectivity index (χ4n) is 2.35. The first-order valence-corrected chi connectivity index (χ1v) is 8.38. The number of hydrogen-bond donors (Lipinski definition) is 0. The van der Waals surface area contributed by atoms with Crippen LogP contribution in [-0.2, 0) is 12.8 Å². The van der Waals surface area contributed by atoms with E-state index in [4.69, 9.17) is 4.74 Å². The summed E-state index contributed by atoms with van der Waals surface area (Å²) >= 11 is 1.70. The van der Waals surface area contributed by atoms with E-state index in [0.29, 0.717) is 0 Å². The Morgan fingerprint density at radius 1 is 1.04 bits per heavy atom. The van der Waals surface area contributed by atoms with Gasteiger partial charge in [-0.25, -0.2) is 0 Å². The van der Waals surface area contributed by atoms with Gasteiger partial charge in [0.1, 0.15) is 5.75 Å². The van der Waals surface area contributed by atoms with Crippen molar-refractivity contribution in [1.82, 2.24) is 14.8 Å². The van der Waals surface area contributed by atoms with E-state index in [1.807, 2.05) is 35.9 Å². The molecular weight excluding hydrogens is 306 g/mol. The molecule has 2 aromatic carbocycles. The van der Waals surface area contributed by atoms with Gasteiger partial charge in [-0.05, 0) is 42.3 Å². The molecule has 0 bridgehead atoms. The second-order valence-corrected chi connectivity index (χ2v) is 6.25. The summed E-state index contributed by atoms with van der Waals surface area (Å²) in [5.41, 5.74) is 3.66. The zero-order chi connectivity index (χ0) is 16.2. The summed E-state index contributed by atoms with van der Waals surface area (Å²) in [6.45, 7) is 2.13. The number of benzene rings is 2. The van der Waals surface area contributed by atoms with Crippen LogP contribution in [-0.4, -0.2) is 21.9 Å². The van der Waals surface area contributed by atoms with Crippen molar-refractivity contribution < 1.29 is 4.74 Å². The highest BCUT2D eigenvalue weighted by molar-refractivity contribution is 7.98. The van der Waals surface area contributed by atoms with Crippen LogP contribution in [0.15, 0.2) is 53.7 Å². The minimum atomic E-state index is 0.838. The quantitative estimate of drug-likeness (QED) is 0.662. The summed E-state index contributed by atoms with van der Waals surface area (Å²) in [7, 11) is 3.66. The molecule has 3 rings (SSSR count). The van der Waals surface area contributed by atoms with Gasteiger partial charge in [-0.15, -0.1) is 10.2 Å². The number of aromatic nitrogens is 3. The number of rotatable bonds is 5. The molecule has 0 unspecified atom stereocenters. The predicted molar refractivity (Wildman–Crippen MR) is 93.7 cm³/mol. The number of methoxy groups -OCH3 is 1. The van der Waals surface area contributed by atoms with E-state index in [1.54, 1.807) is 18.9 Å². The van der Waals surface area contributed by atoms with Gasteiger partial charge in [-0.3, -0.25) is 0 Å². The normalized spacial score (nSPS) is 10.7. The van der Waals surface area contributed by atoms with Crippen molar-refractivity contribution in [3.63, 3.8) is 0 Å². The molecule has 0 aliphatic carbocycles. The van der Waals surface area contributed by atoms with Crippen LogP contribution in [0.5, 0.6) is 5.75 Å². The largest absolute Gasteiger partial charge is 0.497 e. The zero-order valence-electron chi connectivity index (χ0n) is 13.5. The Bertz CT molecular complexity index is 796. The SMILES string of the molecule is COc1ccc(-c2nnc(SCc3ccccc3C)n2C)cc1. The second-order valence-electron chi connectivity index (χ2n) is 5.31. The van der Waals surface area contributed by atoms with Crippen LogP contribution in [0.25, 0.3) is 11.4 Å². The molecule has 0 atom stereocenters. The predicted octanol–water partition coefficient (Wildman–Crippen LogP) is 4.09. The third-order valence-corrected chi connectivity index (χ3v) is 4.87. The van der Waals surface area contributed by atoms with E-state index in [1.165, 1.54) is 11.1 Å². The van der Waals surface area contributed by atoms with E-state index in [9.17, 15) is 0 Å². The van der Waals surface area contributed by atoms with Gasteiger partial charge in [0, 0.05) is 18.4 Å². The molecule has 0 amide bonds. The monoisotopic (exact) mass is 325 g/mol. The Morgan fingerprint density at radius 2 is 1.78 bits per heavy atom. The number of aryl methyl sites for hydroxylation is 1. The lowest BCUT2D eigenvalue weighted by molar-refractivity contribution is 0.415. The van der Waals surface area contributed by atoms with Crippen LogP contribution < -0.4 is 4.74 Å². The molecule has 0 aliphatic rings. The standard InChI is InChI=1S/C18H19N3OS/c1-13-6-4-5-7-15(13)12-23-18-20-19-17(21(18)2)14-8-10-16(22-3)11-9-14/h4-11H,12H2,1-3H3. The highest BCUT2D eigenvalue weighted by Crippen LogP contribution is 2.27. The fraction of sp³-hybridized carbons (Fsp3) is 0.222. The maximum Gasteiger partial charge on any atom is 0.191 e. The average Bonchev–Trinajstić information content (AvgIpc) is 2.95. The molecule has 0 spiro atoms. The molecule has 5 heteroatoms. The van der Waals surface area contributed by atoms with E-state index in [0.717, 1.165) is 28.0 Å². The Hall–Kier alpha value is -2.27. The van der Waals surface area contributed by atoms with Gasteiger partial charge >= 0.3 is 0 Å². The molecule has 23 heavy (non-hydrogen) atoms. The Labute approximate surface area is 140 Å². The Balaban J connectivity index is 1.77. The van der Waals surface area contributed by atoms with Gasteiger partial charge in [-0.1, -0.05) is 36.0 Å². The molecule has 3 aromatic rings. The van der Waals surface area contributed by atoms with Crippen molar-refractivity contribution in [3.8, 4) is 17.1 Å². The maximum absolute atomic E-state index is 5.19. The highest BCUT2D eigenvalue weighted by Gasteiger charge is 2.11. The molecule has 1 aromatic heterocycles. The summed E-state index contributed by atoms with van der Waals surface area (Å²) in [6.07, 6.45) is 0. The topological polar surface area (TPSA) is 39.9 Å². The van der Waals surface area contributed by atoms with Gasteiger partial charge in [0.05, 0.1) is 7.11 Å². The third-order valence-electron chi connectivity index (χ3n) is 3.80. The summed E-state index contributed by atoms with van der Waals surface area (Å²) in [5.74, 6) is 2.59. The lowest BCUT2D eigenvalue weighted by Crippen LogP contribution is -1.95. The van der Waals surface area contributed by atoms with Crippen molar-refractivity contribution >= 4 is 11.8 Å². The zero-order valence-corrected chi connectivity index (χ0v) is 14.3. The first-order valence-electron chi connectivity index (χ1n) is 7.40. The molecule has 0 radical (unpaired) electrons. The summed E-state index contributed by atoms with van der Waals surface area (Å²) < 4.78 is 7.22. The molecule has 1 heterocycles. The van der Waals surface area contributed by atoms with Crippen LogP contribution in [0.2, 0.25) is 0 Å². The molecule has 0 N–H and O–H groups in total. The molecule has 0 saturated heterocycles. The molecule has 0 saturated carbocycles. The summed E-state index contributed by atoms with van der Waals surface area (Å²) in [5, 5.41) is 9.57. The van der Waals surface area contributed by atoms with E-state index >= 15 is 0 Å². The van der Waals surface area contributed by atoms with Crippen molar-refractivity contribution in [2.45, 2.75) is 17.8 Å². The van der Waals surface area contributed by atoms with Crippen molar-refractivity contribution in [3.05, 3.63) is 59.7 Å². The van der Waals surface area contributed by atoms with Crippen LogP contribution in [0.4, 0.5) is 0 Å². The Morgan fingerprint density at radius 3 is 2.48 bits per heavy atom. The molecular formula is C18H19N3OS. The molecule has 4 nitrogen and oxygen atoms in total. The van der Waals surface area contributed by atoms with Crippen LogP contribution in [0, 0.1) is 6.92 Å². The highest BCUT2D eigenvalue weighted by atomic mass is 32.2. The number of nitrogens with zero attached hydrogens (tertiary/aromatic N) is 3. The average molecular weight is 325 g/mol. The molecule has 0 fully saturated rings. The first-order chi connectivity index (χ1) is 11.2. The fourth-order valence-corrected chi connectivity index (χ4v) is 3.33. The van der Waals surface area contributed by atoms with Gasteiger partial charge in [0.25, 0.3) is 0 Å². The molecule has 118 valence electrons. The van der Waals surface area contributed by atoms with Crippen molar-refractivity contribution in [1.29, 1.82) is 0 Å². The summed E-state index contributed by atoms with van der Waals surface area (Å²) in [4.78, 5) is 0. The summed E-state index contributed by atoms with van der Waals surface area (Å²) in [6, 6.07) is 16.3. The lowest BCUT2D eigenvalue weighted by Gasteiger charge is -2.06. The maximum atomic E-state index is 5.19. The van der Waals surface area contributed by atoms with Gasteiger partial charge in [0.15, 0.2) is 11.0 Å². The third kappa shape index (κ3) is 3.40. The minimum Gasteiger partial charge on any atom is -0.497 e. The Kier molecular flexibility index (Phi) is 4.67. The van der Waals surface area contributed by atoms with Crippen molar-refractivity contribution in [2.75, 3.05) is 7.11 Å². The van der Waals surface area contributed by atoms with Gasteiger partial charge in [-0.2, -0.15) is 0 Å². The number of ether oxygens (including phenoxy) is 1. The smallest absolute Gasteiger partial charge is 0.191 e. The minimum absolute atomic E-state index is 0.838. The van der Waals surface area contributed by atoms with Crippen LogP contribution in [0.3, 0.4) is 0 Å². The van der Waals surface area contributed by atoms with Gasteiger partial charge in [0.2, 0.25) is 0 Å². The van der Waals surface area contributed by atoms with E-state index in [-0.39, 0.29) is 0 Å². The van der Waals surface area contributed by atoms with Crippen LogP contribution >= 0.6 is 11.8 Å². The van der Waals surface area contributed by atoms with Crippen molar-refractivity contribution in [2.24, 2.45) is 7.05 Å². The van der Waals surface area contributed by atoms with Gasteiger partial charge < -0.3 is 9.30 Å². The van der Waals surface area contributed by atoms with E-state index < -0.39 is 0 Å². The lowest BCUT2D eigenvalue weighted by atomic mass is 10.1. The second kappa shape index (κ2) is 6.87. The first kappa shape index (κ1) is 15.6. The van der Waals surface area contributed by atoms with E-state index in [2.05, 4.69) is 41.4 Å². The molecule has 0 aliphatic heterocycles. The number of thioether (sulfide) groups is 1. The van der Waals surface area contributed by atoms with Crippen LogP contribution in [0.1, 0.15) is 11.1 Å².